The fraction of sp³-hybridized carbons (Fsp3) is 0.115. The summed E-state index contributed by atoms with van der Waals surface area (Å²) in [5, 5.41) is 7.44. The topological polar surface area (TPSA) is 73.4 Å². The van der Waals surface area contributed by atoms with Gasteiger partial charge in [0, 0.05) is 36.8 Å². The Hall–Kier alpha value is -4.39. The van der Waals surface area contributed by atoms with Gasteiger partial charge in [-0.1, -0.05) is 18.2 Å². The first-order chi connectivity index (χ1) is 16.2. The van der Waals surface area contributed by atoms with Crippen LogP contribution in [0.1, 0.15) is 16.1 Å². The molecule has 0 aliphatic carbocycles. The van der Waals surface area contributed by atoms with Crippen molar-refractivity contribution in [1.82, 2.24) is 24.5 Å². The maximum atomic E-state index is 12.6. The number of carbonyl (C=O) groups is 1. The summed E-state index contributed by atoms with van der Waals surface area (Å²) in [5.74, 6) is 1.47. The molecular formula is C26H23N5O2. The van der Waals surface area contributed by atoms with Crippen molar-refractivity contribution in [3.63, 3.8) is 0 Å². The van der Waals surface area contributed by atoms with Gasteiger partial charge in [0.1, 0.15) is 11.6 Å². The molecule has 0 spiro atoms. The minimum Gasteiger partial charge on any atom is -0.497 e. The number of nitrogens with zero attached hydrogens (tertiary/aromatic N) is 4. The maximum absolute atomic E-state index is 12.6. The number of fused-ring (bicyclic) bond motifs is 1. The number of benzene rings is 1. The van der Waals surface area contributed by atoms with Gasteiger partial charge in [0.05, 0.1) is 7.11 Å². The number of pyridine rings is 2. The van der Waals surface area contributed by atoms with Crippen LogP contribution in [0.15, 0.2) is 91.5 Å². The number of aromatic nitrogens is 4. The van der Waals surface area contributed by atoms with Crippen molar-refractivity contribution in [2.45, 2.75) is 6.42 Å². The Balaban J connectivity index is 1.35. The zero-order valence-electron chi connectivity index (χ0n) is 18.2. The van der Waals surface area contributed by atoms with E-state index in [-0.39, 0.29) is 5.91 Å². The molecule has 0 fully saturated rings. The van der Waals surface area contributed by atoms with Gasteiger partial charge in [-0.15, -0.1) is 0 Å². The minimum atomic E-state index is -0.194. The Morgan fingerprint density at radius 2 is 1.85 bits per heavy atom. The van der Waals surface area contributed by atoms with E-state index in [4.69, 9.17) is 4.74 Å². The van der Waals surface area contributed by atoms with Gasteiger partial charge in [0.2, 0.25) is 0 Å². The normalized spacial score (nSPS) is 10.9. The zero-order chi connectivity index (χ0) is 22.6. The third-order valence-corrected chi connectivity index (χ3v) is 5.54. The Labute approximate surface area is 191 Å². The standard InChI is InChI=1S/C26H23N5O2/c1-33-23-4-2-3-20(17-23)21-5-6-22-7-8-25(30(22)18-21)31-16-12-24(29-31)26(32)28-15-11-19-9-13-27-14-10-19/h2-10,12-14,16-18H,11,15H2,1H3,(H,28,32). The van der Waals surface area contributed by atoms with Crippen LogP contribution in [0.5, 0.6) is 5.75 Å². The number of nitrogens with one attached hydrogen (secondary N) is 1. The van der Waals surface area contributed by atoms with Crippen LogP contribution in [0.2, 0.25) is 0 Å². The van der Waals surface area contributed by atoms with Gasteiger partial charge in [0.15, 0.2) is 5.69 Å². The molecule has 0 saturated carbocycles. The average molecular weight is 438 g/mol. The SMILES string of the molecule is COc1cccc(-c2ccc3ccc(-n4ccc(C(=O)NCCc5ccncc5)n4)n3c2)c1. The molecule has 1 aromatic carbocycles. The molecule has 7 heteroatoms. The fourth-order valence-electron chi connectivity index (χ4n) is 3.78. The first-order valence-electron chi connectivity index (χ1n) is 10.7. The van der Waals surface area contributed by atoms with Crippen LogP contribution >= 0.6 is 0 Å². The van der Waals surface area contributed by atoms with Crippen LogP contribution in [0.4, 0.5) is 0 Å². The molecule has 1 N–H and O–H groups in total. The average Bonchev–Trinajstić information content (AvgIpc) is 3.51. The van der Waals surface area contributed by atoms with E-state index in [1.165, 1.54) is 0 Å². The fourth-order valence-corrected chi connectivity index (χ4v) is 3.78. The van der Waals surface area contributed by atoms with Gasteiger partial charge >= 0.3 is 0 Å². The summed E-state index contributed by atoms with van der Waals surface area (Å²) in [6.45, 7) is 0.535. The largest absolute Gasteiger partial charge is 0.497 e. The third kappa shape index (κ3) is 4.34. The highest BCUT2D eigenvalue weighted by Gasteiger charge is 2.12. The Morgan fingerprint density at radius 1 is 1.00 bits per heavy atom. The Morgan fingerprint density at radius 3 is 2.70 bits per heavy atom. The van der Waals surface area contributed by atoms with Gasteiger partial charge in [-0.2, -0.15) is 5.10 Å². The molecular weight excluding hydrogens is 414 g/mol. The molecule has 0 saturated heterocycles. The van der Waals surface area contributed by atoms with E-state index >= 15 is 0 Å². The van der Waals surface area contributed by atoms with Gasteiger partial charge in [-0.05, 0) is 71.6 Å². The van der Waals surface area contributed by atoms with Crippen LogP contribution in [0.25, 0.3) is 22.5 Å². The molecule has 0 bridgehead atoms. The minimum absolute atomic E-state index is 0.194. The van der Waals surface area contributed by atoms with Crippen molar-refractivity contribution in [3.8, 4) is 22.7 Å². The smallest absolute Gasteiger partial charge is 0.271 e. The molecule has 1 amide bonds. The van der Waals surface area contributed by atoms with E-state index in [1.807, 2.05) is 42.5 Å². The van der Waals surface area contributed by atoms with Gasteiger partial charge in [-0.25, -0.2) is 4.68 Å². The van der Waals surface area contributed by atoms with Gasteiger partial charge in [0.25, 0.3) is 5.91 Å². The van der Waals surface area contributed by atoms with E-state index in [0.29, 0.717) is 12.2 Å². The second kappa shape index (κ2) is 9.00. The summed E-state index contributed by atoms with van der Waals surface area (Å²) in [6.07, 6.45) is 8.11. The van der Waals surface area contributed by atoms with Crippen molar-refractivity contribution in [3.05, 3.63) is 103 Å². The molecule has 7 nitrogen and oxygen atoms in total. The summed E-state index contributed by atoms with van der Waals surface area (Å²) in [4.78, 5) is 16.6. The summed E-state index contributed by atoms with van der Waals surface area (Å²) < 4.78 is 9.14. The van der Waals surface area contributed by atoms with E-state index in [0.717, 1.165) is 40.2 Å². The highest BCUT2D eigenvalue weighted by molar-refractivity contribution is 5.92. The van der Waals surface area contributed by atoms with Crippen molar-refractivity contribution >= 4 is 11.4 Å². The Bertz CT molecular complexity index is 1400. The molecule has 0 unspecified atom stereocenters. The van der Waals surface area contributed by atoms with Crippen LogP contribution in [-0.2, 0) is 6.42 Å². The summed E-state index contributed by atoms with van der Waals surface area (Å²) in [6, 6.07) is 21.7. The number of rotatable bonds is 7. The number of amides is 1. The lowest BCUT2D eigenvalue weighted by Gasteiger charge is -2.08. The highest BCUT2D eigenvalue weighted by atomic mass is 16.5. The summed E-state index contributed by atoms with van der Waals surface area (Å²) in [7, 11) is 1.66. The van der Waals surface area contributed by atoms with Crippen LogP contribution < -0.4 is 10.1 Å². The lowest BCUT2D eigenvalue weighted by atomic mass is 10.1. The summed E-state index contributed by atoms with van der Waals surface area (Å²) in [5.41, 5.74) is 4.66. The molecule has 5 aromatic rings. The van der Waals surface area contributed by atoms with Crippen molar-refractivity contribution in [2.75, 3.05) is 13.7 Å². The van der Waals surface area contributed by atoms with Crippen molar-refractivity contribution in [1.29, 1.82) is 0 Å². The molecule has 0 aliphatic rings. The third-order valence-electron chi connectivity index (χ3n) is 5.54. The van der Waals surface area contributed by atoms with E-state index in [1.54, 1.807) is 36.4 Å². The van der Waals surface area contributed by atoms with E-state index in [2.05, 4.69) is 44.2 Å². The van der Waals surface area contributed by atoms with Crippen LogP contribution in [0, 0.1) is 0 Å². The number of ether oxygens (including phenoxy) is 1. The second-order valence-corrected chi connectivity index (χ2v) is 7.64. The molecule has 0 atom stereocenters. The maximum Gasteiger partial charge on any atom is 0.271 e. The molecule has 33 heavy (non-hydrogen) atoms. The van der Waals surface area contributed by atoms with Crippen molar-refractivity contribution < 1.29 is 9.53 Å². The lowest BCUT2D eigenvalue weighted by Crippen LogP contribution is -2.26. The number of methoxy groups -OCH3 is 1. The Kier molecular flexibility index (Phi) is 5.59. The lowest BCUT2D eigenvalue weighted by molar-refractivity contribution is 0.0948. The molecule has 4 aromatic heterocycles. The zero-order valence-corrected chi connectivity index (χ0v) is 18.2. The monoisotopic (exact) mass is 437 g/mol. The number of hydrogen-bond donors (Lipinski definition) is 1. The number of hydrogen-bond acceptors (Lipinski definition) is 4. The van der Waals surface area contributed by atoms with E-state index < -0.39 is 0 Å². The van der Waals surface area contributed by atoms with Gasteiger partial charge < -0.3 is 14.5 Å². The molecule has 4 heterocycles. The molecule has 5 rings (SSSR count). The van der Waals surface area contributed by atoms with Crippen LogP contribution in [-0.4, -0.2) is 38.7 Å². The predicted octanol–water partition coefficient (Wildman–Crippen LogP) is 4.17. The molecule has 164 valence electrons. The first kappa shape index (κ1) is 20.5. The predicted molar refractivity (Wildman–Crippen MR) is 127 cm³/mol. The van der Waals surface area contributed by atoms with Crippen molar-refractivity contribution in [2.24, 2.45) is 0 Å². The highest BCUT2D eigenvalue weighted by Crippen LogP contribution is 2.26. The van der Waals surface area contributed by atoms with E-state index in [9.17, 15) is 4.79 Å². The van der Waals surface area contributed by atoms with Gasteiger partial charge in [-0.3, -0.25) is 9.78 Å². The number of carbonyl (C=O) groups excluding carboxylic acids is 1. The summed E-state index contributed by atoms with van der Waals surface area (Å²) >= 11 is 0. The second-order valence-electron chi connectivity index (χ2n) is 7.64. The molecule has 0 aliphatic heterocycles. The quantitative estimate of drug-likeness (QED) is 0.415. The molecule has 0 radical (unpaired) electrons. The first-order valence-corrected chi connectivity index (χ1v) is 10.7. The van der Waals surface area contributed by atoms with Crippen LogP contribution in [0.3, 0.4) is 0 Å².